The number of rotatable bonds is 3. The number of hydrogen-bond donors (Lipinski definition) is 2. The van der Waals surface area contributed by atoms with E-state index in [1.165, 1.54) is 0 Å². The lowest BCUT2D eigenvalue weighted by molar-refractivity contribution is -0.169. The molecule has 2 rings (SSSR count). The largest absolute Gasteiger partial charge is 0.470 e. The number of carbonyl (C=O) groups excluding carboxylic acids is 3. The van der Waals surface area contributed by atoms with Crippen LogP contribution in [0.5, 0.6) is 0 Å². The van der Waals surface area contributed by atoms with E-state index >= 15 is 0 Å². The van der Waals surface area contributed by atoms with Gasteiger partial charge in [0.05, 0.1) is 0 Å². The van der Waals surface area contributed by atoms with Gasteiger partial charge in [0.1, 0.15) is 0 Å². The lowest BCUT2D eigenvalue weighted by Crippen LogP contribution is -2.35. The number of nitrogens with two attached hydrogens (primary N) is 1. The third kappa shape index (κ3) is 11.1. The Labute approximate surface area is 172 Å². The summed E-state index contributed by atoms with van der Waals surface area (Å²) in [4.78, 5) is 32.5. The second-order valence-corrected chi connectivity index (χ2v) is 8.61. The SMILES string of the molecule is CC.CC(C)(C)CC(=O)N1CC2C(C1)C2(C)C.CCNC=O.NC(=O)C(F)(F)F. The summed E-state index contributed by atoms with van der Waals surface area (Å²) in [5.74, 6) is -0.346. The Morgan fingerprint density at radius 1 is 1.14 bits per heavy atom. The first-order valence-electron chi connectivity index (χ1n) is 9.89. The average molecular weight is 426 g/mol. The molecular formula is C20H38F3N3O3. The van der Waals surface area contributed by atoms with Crippen LogP contribution < -0.4 is 11.1 Å². The molecule has 0 radical (unpaired) electrons. The van der Waals surface area contributed by atoms with Crippen LogP contribution in [0.15, 0.2) is 0 Å². The van der Waals surface area contributed by atoms with E-state index in [1.54, 1.807) is 0 Å². The maximum Gasteiger partial charge on any atom is 0.470 e. The molecule has 6 nitrogen and oxygen atoms in total. The summed E-state index contributed by atoms with van der Waals surface area (Å²) >= 11 is 0. The van der Waals surface area contributed by atoms with E-state index < -0.39 is 12.1 Å². The van der Waals surface area contributed by atoms with E-state index in [0.717, 1.165) is 31.5 Å². The number of alkyl halides is 3. The molecule has 1 saturated heterocycles. The highest BCUT2D eigenvalue weighted by Crippen LogP contribution is 2.62. The molecule has 9 heteroatoms. The molecular weight excluding hydrogens is 387 g/mol. The van der Waals surface area contributed by atoms with Crippen LogP contribution in [-0.4, -0.2) is 48.9 Å². The van der Waals surface area contributed by atoms with E-state index in [1.807, 2.05) is 20.8 Å². The fourth-order valence-electron chi connectivity index (χ4n) is 2.98. The van der Waals surface area contributed by atoms with Crippen molar-refractivity contribution in [2.24, 2.45) is 28.4 Å². The van der Waals surface area contributed by atoms with Gasteiger partial charge in [-0.3, -0.25) is 14.4 Å². The molecule has 2 fully saturated rings. The van der Waals surface area contributed by atoms with Crippen LogP contribution in [0.2, 0.25) is 0 Å². The standard InChI is InChI=1S/C13H23NO.C3H7NO.C2H2F3NO.C2H6/c1-12(2,3)6-11(15)14-7-9-10(8-14)13(9,4)5;1-2-4-3-5;3-2(4,5)1(6)7;1-2/h9-10H,6-8H2,1-5H3;3H,2H2,1H3,(H,4,5);(H2,6,7);1-2H3. The highest BCUT2D eigenvalue weighted by atomic mass is 19.4. The van der Waals surface area contributed by atoms with Gasteiger partial charge in [0.25, 0.3) is 0 Å². The number of nitrogens with zero attached hydrogens (tertiary/aromatic N) is 1. The molecule has 1 aliphatic carbocycles. The molecule has 172 valence electrons. The van der Waals surface area contributed by atoms with Crippen LogP contribution in [0.1, 0.15) is 61.8 Å². The molecule has 2 atom stereocenters. The topological polar surface area (TPSA) is 92.5 Å². The van der Waals surface area contributed by atoms with Gasteiger partial charge < -0.3 is 16.0 Å². The molecule has 0 spiro atoms. The van der Waals surface area contributed by atoms with Crippen molar-refractivity contribution in [1.82, 2.24) is 10.2 Å². The highest BCUT2D eigenvalue weighted by Gasteiger charge is 2.62. The predicted molar refractivity (Wildman–Crippen MR) is 108 cm³/mol. The Morgan fingerprint density at radius 2 is 1.52 bits per heavy atom. The molecule has 0 aromatic carbocycles. The zero-order valence-corrected chi connectivity index (χ0v) is 18.9. The molecule has 0 aromatic rings. The summed E-state index contributed by atoms with van der Waals surface area (Å²) in [5, 5.41) is 2.43. The van der Waals surface area contributed by atoms with Gasteiger partial charge in [-0.2, -0.15) is 13.2 Å². The van der Waals surface area contributed by atoms with Gasteiger partial charge in [-0.1, -0.05) is 48.5 Å². The number of carbonyl (C=O) groups is 3. The van der Waals surface area contributed by atoms with Crippen molar-refractivity contribution in [3.63, 3.8) is 0 Å². The van der Waals surface area contributed by atoms with Gasteiger partial charge in [-0.05, 0) is 29.6 Å². The molecule has 2 aliphatic rings. The molecule has 29 heavy (non-hydrogen) atoms. The fraction of sp³-hybridized carbons (Fsp3) is 0.850. The van der Waals surface area contributed by atoms with Crippen molar-refractivity contribution in [1.29, 1.82) is 0 Å². The Kier molecular flexibility index (Phi) is 12.2. The van der Waals surface area contributed by atoms with E-state index in [9.17, 15) is 22.8 Å². The van der Waals surface area contributed by atoms with Gasteiger partial charge in [0, 0.05) is 26.1 Å². The van der Waals surface area contributed by atoms with Crippen LogP contribution in [0, 0.1) is 22.7 Å². The second-order valence-electron chi connectivity index (χ2n) is 8.61. The number of fused-ring (bicyclic) bond motifs is 1. The molecule has 1 heterocycles. The molecule has 1 saturated carbocycles. The molecule has 3 amide bonds. The number of piperidine rings is 1. The Balaban J connectivity index is 0. The van der Waals surface area contributed by atoms with Gasteiger partial charge in [-0.15, -0.1) is 0 Å². The van der Waals surface area contributed by atoms with E-state index in [-0.39, 0.29) is 5.41 Å². The van der Waals surface area contributed by atoms with Crippen LogP contribution in [-0.2, 0) is 14.4 Å². The minimum atomic E-state index is -4.86. The lowest BCUT2D eigenvalue weighted by atomic mass is 9.91. The summed E-state index contributed by atoms with van der Waals surface area (Å²) in [6.45, 7) is 19.7. The minimum Gasteiger partial charge on any atom is -0.362 e. The molecule has 0 bridgehead atoms. The van der Waals surface area contributed by atoms with Gasteiger partial charge in [0.2, 0.25) is 12.3 Å². The van der Waals surface area contributed by atoms with Crippen molar-refractivity contribution in [2.45, 2.75) is 68.0 Å². The minimum absolute atomic E-state index is 0.124. The van der Waals surface area contributed by atoms with Gasteiger partial charge >= 0.3 is 12.1 Å². The van der Waals surface area contributed by atoms with Crippen molar-refractivity contribution in [3.05, 3.63) is 0 Å². The molecule has 3 N–H and O–H groups in total. The molecule has 2 unspecified atom stereocenters. The van der Waals surface area contributed by atoms with Crippen molar-refractivity contribution in [3.8, 4) is 0 Å². The number of nitrogens with one attached hydrogen (secondary N) is 1. The first-order valence-corrected chi connectivity index (χ1v) is 9.89. The first-order chi connectivity index (χ1) is 13.1. The second kappa shape index (κ2) is 12.0. The van der Waals surface area contributed by atoms with Crippen LogP contribution in [0.3, 0.4) is 0 Å². The van der Waals surface area contributed by atoms with Crippen molar-refractivity contribution in [2.75, 3.05) is 19.6 Å². The maximum absolute atomic E-state index is 12.0. The summed E-state index contributed by atoms with van der Waals surface area (Å²) in [6.07, 6.45) is -3.49. The quantitative estimate of drug-likeness (QED) is 0.679. The van der Waals surface area contributed by atoms with Crippen LogP contribution in [0.4, 0.5) is 13.2 Å². The van der Waals surface area contributed by atoms with Crippen molar-refractivity contribution >= 4 is 18.2 Å². The molecule has 1 aliphatic heterocycles. The van der Waals surface area contributed by atoms with Crippen LogP contribution in [0.25, 0.3) is 0 Å². The zero-order chi connectivity index (χ0) is 23.6. The van der Waals surface area contributed by atoms with E-state index in [4.69, 9.17) is 4.79 Å². The normalized spacial score (nSPS) is 21.0. The highest BCUT2D eigenvalue weighted by molar-refractivity contribution is 5.79. The van der Waals surface area contributed by atoms with E-state index in [0.29, 0.717) is 24.2 Å². The van der Waals surface area contributed by atoms with Crippen molar-refractivity contribution < 1.29 is 27.6 Å². The third-order valence-electron chi connectivity index (χ3n) is 4.72. The average Bonchev–Trinajstić information content (AvgIpc) is 2.92. The monoisotopic (exact) mass is 425 g/mol. The predicted octanol–water partition coefficient (Wildman–Crippen LogP) is 3.35. The lowest BCUT2D eigenvalue weighted by Gasteiger charge is -2.26. The van der Waals surface area contributed by atoms with Crippen LogP contribution >= 0.6 is 0 Å². The van der Waals surface area contributed by atoms with Gasteiger partial charge in [0.15, 0.2) is 0 Å². The number of hydrogen-bond acceptors (Lipinski definition) is 3. The fourth-order valence-corrected chi connectivity index (χ4v) is 2.98. The number of amides is 3. The molecule has 0 aromatic heterocycles. The summed E-state index contributed by atoms with van der Waals surface area (Å²) in [6, 6.07) is 0. The zero-order valence-electron chi connectivity index (χ0n) is 18.9. The Bertz CT molecular complexity index is 515. The number of likely N-dealkylation sites (tertiary alicyclic amines) is 1. The number of halogens is 3. The van der Waals surface area contributed by atoms with Gasteiger partial charge in [-0.25, -0.2) is 0 Å². The maximum atomic E-state index is 12.0. The Hall–Kier alpha value is -1.80. The smallest absolute Gasteiger partial charge is 0.362 e. The Morgan fingerprint density at radius 3 is 1.72 bits per heavy atom. The summed E-state index contributed by atoms with van der Waals surface area (Å²) in [7, 11) is 0. The third-order valence-corrected chi connectivity index (χ3v) is 4.72. The van der Waals surface area contributed by atoms with E-state index in [2.05, 4.69) is 50.6 Å². The number of primary amides is 1. The summed E-state index contributed by atoms with van der Waals surface area (Å²) < 4.78 is 32.1. The summed E-state index contributed by atoms with van der Waals surface area (Å²) in [5.41, 5.74) is 4.44. The first kappa shape index (κ1) is 29.4.